The molecule has 0 spiro atoms. The van der Waals surface area contributed by atoms with E-state index in [0.29, 0.717) is 11.8 Å². The van der Waals surface area contributed by atoms with E-state index in [9.17, 15) is 0 Å². The SMILES string of the molecule is c1cc(C2CCNCC2)c2[nH]c(C[C@@H]3CCOC3)nc2n1. The number of imidazole rings is 1. The van der Waals surface area contributed by atoms with Crippen molar-refractivity contribution in [3.8, 4) is 0 Å². The molecule has 2 aliphatic rings. The molecule has 2 aromatic heterocycles. The zero-order valence-corrected chi connectivity index (χ0v) is 12.3. The van der Waals surface area contributed by atoms with Crippen LogP contribution in [0.3, 0.4) is 0 Å². The molecule has 0 amide bonds. The summed E-state index contributed by atoms with van der Waals surface area (Å²) in [5.74, 6) is 2.29. The summed E-state index contributed by atoms with van der Waals surface area (Å²) in [5.41, 5.74) is 3.42. The summed E-state index contributed by atoms with van der Waals surface area (Å²) < 4.78 is 5.46. The number of ether oxygens (including phenoxy) is 1. The fourth-order valence-electron chi connectivity index (χ4n) is 3.57. The number of aromatic nitrogens is 3. The van der Waals surface area contributed by atoms with Gasteiger partial charge in [0.25, 0.3) is 0 Å². The van der Waals surface area contributed by atoms with Crippen LogP contribution in [-0.2, 0) is 11.2 Å². The number of nitrogens with one attached hydrogen (secondary N) is 2. The highest BCUT2D eigenvalue weighted by molar-refractivity contribution is 5.75. The number of rotatable bonds is 3. The molecule has 0 aliphatic carbocycles. The maximum absolute atomic E-state index is 5.46. The van der Waals surface area contributed by atoms with Gasteiger partial charge in [0.15, 0.2) is 5.65 Å². The first-order valence-corrected chi connectivity index (χ1v) is 8.02. The van der Waals surface area contributed by atoms with Crippen LogP contribution in [0.1, 0.15) is 36.6 Å². The van der Waals surface area contributed by atoms with E-state index in [1.54, 1.807) is 0 Å². The van der Waals surface area contributed by atoms with E-state index < -0.39 is 0 Å². The predicted molar refractivity (Wildman–Crippen MR) is 81.4 cm³/mol. The number of hydrogen-bond donors (Lipinski definition) is 2. The molecule has 0 bridgehead atoms. The fourth-order valence-corrected chi connectivity index (χ4v) is 3.57. The summed E-state index contributed by atoms with van der Waals surface area (Å²) in [5, 5.41) is 3.43. The smallest absolute Gasteiger partial charge is 0.177 e. The minimum atomic E-state index is 0.605. The molecule has 0 radical (unpaired) electrons. The lowest BCUT2D eigenvalue weighted by Crippen LogP contribution is -2.26. The Morgan fingerprint density at radius 2 is 2.14 bits per heavy atom. The van der Waals surface area contributed by atoms with Gasteiger partial charge in [-0.2, -0.15) is 0 Å². The van der Waals surface area contributed by atoms with Crippen molar-refractivity contribution in [2.75, 3.05) is 26.3 Å². The van der Waals surface area contributed by atoms with Gasteiger partial charge < -0.3 is 15.0 Å². The van der Waals surface area contributed by atoms with Crippen LogP contribution in [0.25, 0.3) is 11.2 Å². The summed E-state index contributed by atoms with van der Waals surface area (Å²) in [4.78, 5) is 12.7. The van der Waals surface area contributed by atoms with E-state index in [1.165, 1.54) is 18.4 Å². The summed E-state index contributed by atoms with van der Waals surface area (Å²) in [6.45, 7) is 3.97. The Balaban J connectivity index is 1.63. The Hall–Kier alpha value is -1.46. The molecule has 2 aromatic rings. The maximum atomic E-state index is 5.46. The van der Waals surface area contributed by atoms with Crippen LogP contribution in [0.2, 0.25) is 0 Å². The van der Waals surface area contributed by atoms with E-state index in [4.69, 9.17) is 9.72 Å². The number of H-pyrrole nitrogens is 1. The zero-order valence-electron chi connectivity index (χ0n) is 12.3. The third-order valence-corrected chi connectivity index (χ3v) is 4.76. The molecule has 21 heavy (non-hydrogen) atoms. The predicted octanol–water partition coefficient (Wildman–Crippen LogP) is 2.00. The van der Waals surface area contributed by atoms with E-state index in [-0.39, 0.29) is 0 Å². The Morgan fingerprint density at radius 3 is 2.95 bits per heavy atom. The number of nitrogens with zero attached hydrogens (tertiary/aromatic N) is 2. The number of pyridine rings is 1. The Labute approximate surface area is 124 Å². The highest BCUT2D eigenvalue weighted by atomic mass is 16.5. The molecule has 5 nitrogen and oxygen atoms in total. The average Bonchev–Trinajstić information content (AvgIpc) is 3.17. The van der Waals surface area contributed by atoms with Crippen molar-refractivity contribution < 1.29 is 4.74 Å². The third kappa shape index (κ3) is 2.68. The quantitative estimate of drug-likeness (QED) is 0.906. The van der Waals surface area contributed by atoms with Crippen molar-refractivity contribution in [1.82, 2.24) is 20.3 Å². The van der Waals surface area contributed by atoms with Crippen LogP contribution in [0.5, 0.6) is 0 Å². The number of piperidine rings is 1. The largest absolute Gasteiger partial charge is 0.381 e. The van der Waals surface area contributed by atoms with E-state index in [2.05, 4.69) is 21.4 Å². The van der Waals surface area contributed by atoms with Gasteiger partial charge in [0, 0.05) is 25.8 Å². The molecule has 2 N–H and O–H groups in total. The summed E-state index contributed by atoms with van der Waals surface area (Å²) >= 11 is 0. The second-order valence-electron chi connectivity index (χ2n) is 6.24. The highest BCUT2D eigenvalue weighted by Gasteiger charge is 2.21. The normalized spacial score (nSPS) is 23.9. The van der Waals surface area contributed by atoms with Gasteiger partial charge in [-0.15, -0.1) is 0 Å². The van der Waals surface area contributed by atoms with Gasteiger partial charge >= 0.3 is 0 Å². The molecule has 4 heterocycles. The van der Waals surface area contributed by atoms with Crippen LogP contribution in [0.15, 0.2) is 12.3 Å². The van der Waals surface area contributed by atoms with Gasteiger partial charge in [-0.25, -0.2) is 9.97 Å². The second-order valence-corrected chi connectivity index (χ2v) is 6.24. The molecule has 0 saturated carbocycles. The third-order valence-electron chi connectivity index (χ3n) is 4.76. The molecule has 2 aliphatic heterocycles. The molecule has 1 atom stereocenters. The maximum Gasteiger partial charge on any atom is 0.177 e. The van der Waals surface area contributed by atoms with E-state index in [0.717, 1.165) is 56.1 Å². The first-order valence-electron chi connectivity index (χ1n) is 8.02. The lowest BCUT2D eigenvalue weighted by Gasteiger charge is -2.23. The van der Waals surface area contributed by atoms with Gasteiger partial charge in [-0.05, 0) is 55.8 Å². The number of fused-ring (bicyclic) bond motifs is 1. The molecule has 112 valence electrons. The van der Waals surface area contributed by atoms with Crippen molar-refractivity contribution in [2.24, 2.45) is 5.92 Å². The van der Waals surface area contributed by atoms with Gasteiger partial charge in [0.1, 0.15) is 5.82 Å². The topological polar surface area (TPSA) is 62.8 Å². The fraction of sp³-hybridized carbons (Fsp3) is 0.625. The molecule has 0 unspecified atom stereocenters. The second kappa shape index (κ2) is 5.73. The van der Waals surface area contributed by atoms with Crippen LogP contribution in [0, 0.1) is 5.92 Å². The molecule has 5 heteroatoms. The van der Waals surface area contributed by atoms with Gasteiger partial charge in [0.2, 0.25) is 0 Å². The van der Waals surface area contributed by atoms with Gasteiger partial charge in [-0.1, -0.05) is 0 Å². The molecule has 4 rings (SSSR count). The average molecular weight is 286 g/mol. The van der Waals surface area contributed by atoms with Crippen molar-refractivity contribution in [2.45, 2.75) is 31.6 Å². The van der Waals surface area contributed by atoms with Crippen LogP contribution in [-0.4, -0.2) is 41.3 Å². The monoisotopic (exact) mass is 286 g/mol. The van der Waals surface area contributed by atoms with Crippen LogP contribution < -0.4 is 5.32 Å². The Morgan fingerprint density at radius 1 is 1.24 bits per heavy atom. The van der Waals surface area contributed by atoms with Gasteiger partial charge in [-0.3, -0.25) is 0 Å². The molecule has 2 saturated heterocycles. The molecular weight excluding hydrogens is 264 g/mol. The summed E-state index contributed by atoms with van der Waals surface area (Å²) in [6, 6.07) is 2.17. The van der Waals surface area contributed by atoms with Crippen molar-refractivity contribution in [1.29, 1.82) is 0 Å². The molecule has 0 aromatic carbocycles. The number of hydrogen-bond acceptors (Lipinski definition) is 4. The van der Waals surface area contributed by atoms with Crippen molar-refractivity contribution in [3.63, 3.8) is 0 Å². The Kier molecular flexibility index (Phi) is 3.61. The minimum absolute atomic E-state index is 0.605. The molecule has 2 fully saturated rings. The summed E-state index contributed by atoms with van der Waals surface area (Å²) in [6.07, 6.45) is 6.42. The zero-order chi connectivity index (χ0) is 14.1. The minimum Gasteiger partial charge on any atom is -0.381 e. The summed E-state index contributed by atoms with van der Waals surface area (Å²) in [7, 11) is 0. The standard InChI is InChI=1S/C16H22N4O/c1-5-17-6-2-12(1)13-3-7-18-16-15(13)19-14(20-16)9-11-4-8-21-10-11/h3,7,11-12,17H,1-2,4-6,8-10H2,(H,18,19,20)/t11-/m0/s1. The first-order chi connectivity index (χ1) is 10.4. The van der Waals surface area contributed by atoms with Crippen molar-refractivity contribution >= 4 is 11.2 Å². The Bertz CT molecular complexity index is 612. The first kappa shape index (κ1) is 13.2. The molecular formula is C16H22N4O. The van der Waals surface area contributed by atoms with Gasteiger partial charge in [0.05, 0.1) is 5.52 Å². The highest BCUT2D eigenvalue weighted by Crippen LogP contribution is 2.30. The van der Waals surface area contributed by atoms with E-state index in [1.807, 2.05) is 6.20 Å². The van der Waals surface area contributed by atoms with Crippen LogP contribution >= 0.6 is 0 Å². The lowest BCUT2D eigenvalue weighted by atomic mass is 9.90. The lowest BCUT2D eigenvalue weighted by molar-refractivity contribution is 0.185. The number of aromatic amines is 1. The van der Waals surface area contributed by atoms with Crippen LogP contribution in [0.4, 0.5) is 0 Å². The van der Waals surface area contributed by atoms with Crippen molar-refractivity contribution in [3.05, 3.63) is 23.7 Å². The van der Waals surface area contributed by atoms with E-state index >= 15 is 0 Å².